The molecule has 2 aliphatic heterocycles. The molecule has 3 nitrogen and oxygen atoms in total. The average molecular weight is 236 g/mol. The van der Waals surface area contributed by atoms with Crippen LogP contribution in [0.1, 0.15) is 38.5 Å². The largest absolute Gasteiger partial charge is 0.342 e. The van der Waals surface area contributed by atoms with Crippen LogP contribution in [0.15, 0.2) is 0 Å². The van der Waals surface area contributed by atoms with E-state index < -0.39 is 0 Å². The summed E-state index contributed by atoms with van der Waals surface area (Å²) in [6.07, 6.45) is 7.38. The number of piperidine rings is 1. The van der Waals surface area contributed by atoms with Crippen molar-refractivity contribution in [2.75, 3.05) is 26.2 Å². The molecular weight excluding hydrogens is 212 g/mol. The fraction of sp³-hybridized carbons (Fsp3) is 0.929. The van der Waals surface area contributed by atoms with Gasteiger partial charge >= 0.3 is 0 Å². The number of hydrogen-bond donors (Lipinski definition) is 1. The van der Waals surface area contributed by atoms with Crippen molar-refractivity contribution in [1.29, 1.82) is 0 Å². The molecule has 1 saturated carbocycles. The van der Waals surface area contributed by atoms with Gasteiger partial charge in [0.2, 0.25) is 5.91 Å². The van der Waals surface area contributed by atoms with Crippen molar-refractivity contribution < 1.29 is 4.79 Å². The van der Waals surface area contributed by atoms with Crippen LogP contribution in [0.2, 0.25) is 0 Å². The van der Waals surface area contributed by atoms with Crippen molar-refractivity contribution >= 4 is 5.91 Å². The van der Waals surface area contributed by atoms with Gasteiger partial charge in [0.05, 0.1) is 0 Å². The average Bonchev–Trinajstić information content (AvgIpc) is 2.80. The minimum Gasteiger partial charge on any atom is -0.342 e. The first-order chi connectivity index (χ1) is 8.34. The highest BCUT2D eigenvalue weighted by molar-refractivity contribution is 5.79. The van der Waals surface area contributed by atoms with Gasteiger partial charge < -0.3 is 10.2 Å². The zero-order valence-corrected chi connectivity index (χ0v) is 10.7. The smallest absolute Gasteiger partial charge is 0.225 e. The van der Waals surface area contributed by atoms with Crippen LogP contribution in [-0.4, -0.2) is 37.0 Å². The molecule has 2 saturated heterocycles. The van der Waals surface area contributed by atoms with Gasteiger partial charge in [0.15, 0.2) is 0 Å². The monoisotopic (exact) mass is 236 g/mol. The van der Waals surface area contributed by atoms with Crippen LogP contribution < -0.4 is 5.32 Å². The van der Waals surface area contributed by atoms with E-state index in [1.165, 1.54) is 38.8 Å². The number of likely N-dealkylation sites (tertiary alicyclic amines) is 1. The first-order valence-electron chi connectivity index (χ1n) is 7.34. The summed E-state index contributed by atoms with van der Waals surface area (Å²) in [6.45, 7) is 4.46. The maximum absolute atomic E-state index is 12.1. The quantitative estimate of drug-likeness (QED) is 0.790. The summed E-state index contributed by atoms with van der Waals surface area (Å²) in [7, 11) is 0. The van der Waals surface area contributed by atoms with Crippen molar-refractivity contribution in [3.8, 4) is 0 Å². The standard InChI is InChI=1S/C14H24N2O/c17-14(12-2-1-3-12)16-8-5-11(6-9-16)13-4-7-15-10-13/h11-13,15H,1-10H2. The maximum Gasteiger partial charge on any atom is 0.225 e. The van der Waals surface area contributed by atoms with E-state index in [0.29, 0.717) is 11.8 Å². The fourth-order valence-corrected chi connectivity index (χ4v) is 3.58. The Balaban J connectivity index is 1.47. The molecule has 96 valence electrons. The lowest BCUT2D eigenvalue weighted by Crippen LogP contribution is -2.44. The Labute approximate surface area is 104 Å². The van der Waals surface area contributed by atoms with Gasteiger partial charge in [0, 0.05) is 19.0 Å². The molecule has 0 radical (unpaired) electrons. The maximum atomic E-state index is 12.1. The molecule has 0 spiro atoms. The molecule has 3 fully saturated rings. The van der Waals surface area contributed by atoms with Crippen LogP contribution in [0.5, 0.6) is 0 Å². The molecule has 0 aromatic rings. The van der Waals surface area contributed by atoms with E-state index in [4.69, 9.17) is 0 Å². The SMILES string of the molecule is O=C(C1CCC1)N1CCC(C2CCNC2)CC1. The summed E-state index contributed by atoms with van der Waals surface area (Å²) >= 11 is 0. The molecule has 0 bridgehead atoms. The van der Waals surface area contributed by atoms with Crippen molar-refractivity contribution in [2.24, 2.45) is 17.8 Å². The molecule has 0 aromatic heterocycles. The van der Waals surface area contributed by atoms with E-state index in [2.05, 4.69) is 10.2 Å². The minimum absolute atomic E-state index is 0.389. The third-order valence-electron chi connectivity index (χ3n) is 5.07. The number of carbonyl (C=O) groups is 1. The Morgan fingerprint density at radius 3 is 2.29 bits per heavy atom. The van der Waals surface area contributed by atoms with Crippen molar-refractivity contribution in [2.45, 2.75) is 38.5 Å². The first-order valence-corrected chi connectivity index (χ1v) is 7.34. The van der Waals surface area contributed by atoms with Crippen LogP contribution in [0.3, 0.4) is 0 Å². The summed E-state index contributed by atoms with van der Waals surface area (Å²) in [5.41, 5.74) is 0. The zero-order chi connectivity index (χ0) is 11.7. The van der Waals surface area contributed by atoms with Gasteiger partial charge in [-0.1, -0.05) is 6.42 Å². The van der Waals surface area contributed by atoms with Crippen LogP contribution in [0.25, 0.3) is 0 Å². The van der Waals surface area contributed by atoms with E-state index in [1.54, 1.807) is 0 Å². The van der Waals surface area contributed by atoms with Crippen LogP contribution in [-0.2, 0) is 4.79 Å². The molecule has 1 atom stereocenters. The molecule has 3 aliphatic rings. The predicted molar refractivity (Wildman–Crippen MR) is 67.6 cm³/mol. The molecule has 3 rings (SSSR count). The van der Waals surface area contributed by atoms with Gasteiger partial charge in [-0.2, -0.15) is 0 Å². The second-order valence-electron chi connectivity index (χ2n) is 6.04. The van der Waals surface area contributed by atoms with Gasteiger partial charge in [-0.05, 0) is 57.0 Å². The van der Waals surface area contributed by atoms with E-state index in [9.17, 15) is 4.79 Å². The van der Waals surface area contributed by atoms with Crippen LogP contribution in [0.4, 0.5) is 0 Å². The Bertz CT molecular complexity index is 274. The van der Waals surface area contributed by atoms with Gasteiger partial charge in [-0.15, -0.1) is 0 Å². The van der Waals surface area contributed by atoms with E-state index in [-0.39, 0.29) is 0 Å². The van der Waals surface area contributed by atoms with Crippen molar-refractivity contribution in [1.82, 2.24) is 10.2 Å². The summed E-state index contributed by atoms with van der Waals surface area (Å²) < 4.78 is 0. The van der Waals surface area contributed by atoms with E-state index in [0.717, 1.165) is 37.8 Å². The summed E-state index contributed by atoms with van der Waals surface area (Å²) in [6, 6.07) is 0. The molecule has 1 unspecified atom stereocenters. The second-order valence-corrected chi connectivity index (χ2v) is 6.04. The van der Waals surface area contributed by atoms with Gasteiger partial charge in [0.25, 0.3) is 0 Å². The third-order valence-corrected chi connectivity index (χ3v) is 5.07. The lowest BCUT2D eigenvalue weighted by Gasteiger charge is -2.38. The minimum atomic E-state index is 0.389. The van der Waals surface area contributed by atoms with Gasteiger partial charge in [-0.25, -0.2) is 0 Å². The summed E-state index contributed by atoms with van der Waals surface area (Å²) in [4.78, 5) is 14.3. The summed E-state index contributed by atoms with van der Waals surface area (Å²) in [5.74, 6) is 2.60. The molecule has 0 aromatic carbocycles. The van der Waals surface area contributed by atoms with Crippen molar-refractivity contribution in [3.63, 3.8) is 0 Å². The normalized spacial score (nSPS) is 31.5. The fourth-order valence-electron chi connectivity index (χ4n) is 3.58. The number of nitrogens with one attached hydrogen (secondary N) is 1. The molecule has 17 heavy (non-hydrogen) atoms. The van der Waals surface area contributed by atoms with Gasteiger partial charge in [0.1, 0.15) is 0 Å². The molecule has 1 aliphatic carbocycles. The number of hydrogen-bond acceptors (Lipinski definition) is 2. The predicted octanol–water partition coefficient (Wildman–Crippen LogP) is 1.63. The number of carbonyl (C=O) groups excluding carboxylic acids is 1. The molecule has 1 N–H and O–H groups in total. The highest BCUT2D eigenvalue weighted by atomic mass is 16.2. The molecule has 2 heterocycles. The Hall–Kier alpha value is -0.570. The Morgan fingerprint density at radius 1 is 1.00 bits per heavy atom. The van der Waals surface area contributed by atoms with E-state index in [1.807, 2.05) is 0 Å². The zero-order valence-electron chi connectivity index (χ0n) is 10.7. The Morgan fingerprint density at radius 2 is 1.76 bits per heavy atom. The van der Waals surface area contributed by atoms with Crippen molar-refractivity contribution in [3.05, 3.63) is 0 Å². The Kier molecular flexibility index (Phi) is 3.37. The van der Waals surface area contributed by atoms with E-state index >= 15 is 0 Å². The van der Waals surface area contributed by atoms with Crippen LogP contribution >= 0.6 is 0 Å². The lowest BCUT2D eigenvalue weighted by molar-refractivity contribution is -0.139. The third kappa shape index (κ3) is 2.35. The van der Waals surface area contributed by atoms with Crippen LogP contribution in [0, 0.1) is 17.8 Å². The highest BCUT2D eigenvalue weighted by Crippen LogP contribution is 2.32. The summed E-state index contributed by atoms with van der Waals surface area (Å²) in [5, 5.41) is 3.46. The molecule has 3 heteroatoms. The second kappa shape index (κ2) is 4.97. The number of rotatable bonds is 2. The van der Waals surface area contributed by atoms with Gasteiger partial charge in [-0.3, -0.25) is 4.79 Å². The lowest BCUT2D eigenvalue weighted by atomic mass is 9.81. The number of amides is 1. The number of nitrogens with zero attached hydrogens (tertiary/aromatic N) is 1. The molecular formula is C14H24N2O. The topological polar surface area (TPSA) is 32.3 Å². The first kappa shape index (κ1) is 11.5. The highest BCUT2D eigenvalue weighted by Gasteiger charge is 2.34. The molecule has 1 amide bonds.